The van der Waals surface area contributed by atoms with Crippen LogP contribution in [0.2, 0.25) is 0 Å². The van der Waals surface area contributed by atoms with Gasteiger partial charge in [-0.2, -0.15) is 5.48 Å². The molecule has 0 aromatic rings. The molecule has 1 amide bonds. The van der Waals surface area contributed by atoms with E-state index in [9.17, 15) is 14.4 Å². The summed E-state index contributed by atoms with van der Waals surface area (Å²) in [5, 5.41) is 19.7. The van der Waals surface area contributed by atoms with Gasteiger partial charge in [0.1, 0.15) is 12.1 Å². The zero-order chi connectivity index (χ0) is 15.0. The van der Waals surface area contributed by atoms with Crippen LogP contribution in [0.15, 0.2) is 0 Å². The fourth-order valence-corrected chi connectivity index (χ4v) is 1.41. The second kappa shape index (κ2) is 8.44. The fourth-order valence-electron chi connectivity index (χ4n) is 1.41. The van der Waals surface area contributed by atoms with Gasteiger partial charge in [-0.15, -0.1) is 0 Å². The molecule has 0 aliphatic rings. The van der Waals surface area contributed by atoms with Gasteiger partial charge >= 0.3 is 11.9 Å². The van der Waals surface area contributed by atoms with Crippen LogP contribution >= 0.6 is 0 Å². The Morgan fingerprint density at radius 3 is 2.16 bits per heavy atom. The Morgan fingerprint density at radius 1 is 1.21 bits per heavy atom. The van der Waals surface area contributed by atoms with Crippen LogP contribution in [0, 0.1) is 5.92 Å². The highest BCUT2D eigenvalue weighted by Crippen LogP contribution is 2.04. The fraction of sp³-hybridized carbons (Fsp3) is 0.727. The first kappa shape index (κ1) is 17.3. The smallest absolute Gasteiger partial charge is 0.326 e. The Hall–Kier alpha value is -1.67. The molecule has 4 N–H and O–H groups in total. The summed E-state index contributed by atoms with van der Waals surface area (Å²) in [5.74, 6) is -3.05. The first-order valence-corrected chi connectivity index (χ1v) is 5.83. The van der Waals surface area contributed by atoms with E-state index in [1.54, 1.807) is 13.8 Å². The number of hydrogen-bond acceptors (Lipinski definition) is 5. The molecule has 0 bridgehead atoms. The zero-order valence-electron chi connectivity index (χ0n) is 11.2. The SMILES string of the molecule is CON[C@H](C(=O)N[C@@H](CCC(=O)O)C(=O)O)C(C)C. The topological polar surface area (TPSA) is 125 Å². The van der Waals surface area contributed by atoms with Gasteiger partial charge < -0.3 is 20.4 Å². The lowest BCUT2D eigenvalue weighted by Gasteiger charge is -2.22. The second-order valence-corrected chi connectivity index (χ2v) is 4.38. The van der Waals surface area contributed by atoms with Crippen LogP contribution in [0.1, 0.15) is 26.7 Å². The predicted octanol–water partition coefficient (Wildman–Crippen LogP) is -0.404. The van der Waals surface area contributed by atoms with E-state index in [1.807, 2.05) is 0 Å². The minimum absolute atomic E-state index is 0.117. The van der Waals surface area contributed by atoms with E-state index < -0.39 is 29.9 Å². The summed E-state index contributed by atoms with van der Waals surface area (Å²) in [6, 6.07) is -1.94. The van der Waals surface area contributed by atoms with Crippen molar-refractivity contribution in [2.45, 2.75) is 38.8 Å². The second-order valence-electron chi connectivity index (χ2n) is 4.38. The first-order chi connectivity index (χ1) is 8.79. The van der Waals surface area contributed by atoms with Gasteiger partial charge in [-0.25, -0.2) is 4.79 Å². The summed E-state index contributed by atoms with van der Waals surface area (Å²) in [4.78, 5) is 37.9. The minimum atomic E-state index is -1.27. The van der Waals surface area contributed by atoms with Crippen LogP contribution < -0.4 is 10.8 Å². The number of carboxylic acids is 2. The van der Waals surface area contributed by atoms with Crippen molar-refractivity contribution in [3.8, 4) is 0 Å². The molecule has 0 saturated heterocycles. The van der Waals surface area contributed by atoms with Crippen LogP contribution in [-0.2, 0) is 19.2 Å². The maximum absolute atomic E-state index is 11.9. The van der Waals surface area contributed by atoms with Crippen molar-refractivity contribution in [1.82, 2.24) is 10.8 Å². The molecule has 0 aromatic heterocycles. The quantitative estimate of drug-likeness (QED) is 0.422. The third-order valence-corrected chi connectivity index (χ3v) is 2.46. The Balaban J connectivity index is 4.59. The van der Waals surface area contributed by atoms with Crippen LogP contribution in [0.3, 0.4) is 0 Å². The molecule has 0 spiro atoms. The minimum Gasteiger partial charge on any atom is -0.481 e. The molecule has 0 saturated carbocycles. The maximum Gasteiger partial charge on any atom is 0.326 e. The summed E-state index contributed by atoms with van der Waals surface area (Å²) in [7, 11) is 1.35. The molecule has 0 rings (SSSR count). The van der Waals surface area contributed by atoms with E-state index in [1.165, 1.54) is 7.11 Å². The van der Waals surface area contributed by atoms with Crippen LogP contribution in [0.5, 0.6) is 0 Å². The average Bonchev–Trinajstić information content (AvgIpc) is 2.29. The van der Waals surface area contributed by atoms with Crippen LogP contribution in [0.4, 0.5) is 0 Å². The summed E-state index contributed by atoms with van der Waals surface area (Å²) < 4.78 is 0. The number of carbonyl (C=O) groups is 3. The largest absolute Gasteiger partial charge is 0.481 e. The Bertz CT molecular complexity index is 331. The zero-order valence-corrected chi connectivity index (χ0v) is 11.2. The van der Waals surface area contributed by atoms with Crippen molar-refractivity contribution in [2.75, 3.05) is 7.11 Å². The molecule has 0 radical (unpaired) electrons. The number of carbonyl (C=O) groups excluding carboxylic acids is 1. The van der Waals surface area contributed by atoms with Gasteiger partial charge in [0, 0.05) is 6.42 Å². The molecule has 0 aromatic carbocycles. The molecular weight excluding hydrogens is 256 g/mol. The highest BCUT2D eigenvalue weighted by atomic mass is 16.6. The van der Waals surface area contributed by atoms with Crippen molar-refractivity contribution in [3.05, 3.63) is 0 Å². The molecule has 0 heterocycles. The van der Waals surface area contributed by atoms with E-state index in [-0.39, 0.29) is 18.8 Å². The summed E-state index contributed by atoms with van der Waals surface area (Å²) in [6.45, 7) is 3.53. The Labute approximate surface area is 111 Å². The summed E-state index contributed by atoms with van der Waals surface area (Å²) in [6.07, 6.45) is -0.504. The number of nitrogens with one attached hydrogen (secondary N) is 2. The standard InChI is InChI=1S/C11H20N2O6/c1-6(2)9(13-19-3)10(16)12-7(11(17)18)4-5-8(14)15/h6-7,9,13H,4-5H2,1-3H3,(H,12,16)(H,14,15)(H,17,18)/t7-,9-/m0/s1. The number of amides is 1. The van der Waals surface area contributed by atoms with Gasteiger partial charge in [0.2, 0.25) is 5.91 Å². The number of hydroxylamine groups is 1. The van der Waals surface area contributed by atoms with Crippen molar-refractivity contribution < 1.29 is 29.4 Å². The number of hydrogen-bond donors (Lipinski definition) is 4. The van der Waals surface area contributed by atoms with Gasteiger partial charge in [-0.1, -0.05) is 13.8 Å². The summed E-state index contributed by atoms with van der Waals surface area (Å²) >= 11 is 0. The molecule has 0 unspecified atom stereocenters. The number of aliphatic carboxylic acids is 2. The monoisotopic (exact) mass is 276 g/mol. The highest BCUT2D eigenvalue weighted by molar-refractivity contribution is 5.87. The lowest BCUT2D eigenvalue weighted by Crippen LogP contribution is -2.52. The molecular formula is C11H20N2O6. The van der Waals surface area contributed by atoms with Gasteiger partial charge in [0.05, 0.1) is 7.11 Å². The molecule has 0 aliphatic carbocycles. The van der Waals surface area contributed by atoms with E-state index in [0.717, 1.165) is 0 Å². The van der Waals surface area contributed by atoms with Crippen LogP contribution in [-0.4, -0.2) is 47.3 Å². The third-order valence-electron chi connectivity index (χ3n) is 2.46. The van der Waals surface area contributed by atoms with Gasteiger partial charge in [-0.05, 0) is 12.3 Å². The lowest BCUT2D eigenvalue weighted by molar-refractivity contribution is -0.144. The third kappa shape index (κ3) is 6.73. The number of carboxylic acid groups (broad SMARTS) is 2. The lowest BCUT2D eigenvalue weighted by atomic mass is 10.0. The van der Waals surface area contributed by atoms with Gasteiger partial charge in [0.25, 0.3) is 0 Å². The molecule has 8 heteroatoms. The van der Waals surface area contributed by atoms with E-state index in [2.05, 4.69) is 15.6 Å². The average molecular weight is 276 g/mol. The molecule has 8 nitrogen and oxygen atoms in total. The van der Waals surface area contributed by atoms with Crippen molar-refractivity contribution >= 4 is 17.8 Å². The first-order valence-electron chi connectivity index (χ1n) is 5.83. The number of rotatable bonds is 9. The van der Waals surface area contributed by atoms with Crippen LogP contribution in [0.25, 0.3) is 0 Å². The van der Waals surface area contributed by atoms with Gasteiger partial charge in [0.15, 0.2) is 0 Å². The normalized spacial score (nSPS) is 13.9. The Kier molecular flexibility index (Phi) is 7.69. The maximum atomic E-state index is 11.9. The molecule has 0 fully saturated rings. The molecule has 19 heavy (non-hydrogen) atoms. The van der Waals surface area contributed by atoms with E-state index in [4.69, 9.17) is 10.2 Å². The highest BCUT2D eigenvalue weighted by Gasteiger charge is 2.27. The van der Waals surface area contributed by atoms with Crippen molar-refractivity contribution in [3.63, 3.8) is 0 Å². The van der Waals surface area contributed by atoms with E-state index in [0.29, 0.717) is 0 Å². The Morgan fingerprint density at radius 2 is 1.79 bits per heavy atom. The van der Waals surface area contributed by atoms with Gasteiger partial charge in [-0.3, -0.25) is 9.59 Å². The molecule has 2 atom stereocenters. The molecule has 110 valence electrons. The summed E-state index contributed by atoms with van der Waals surface area (Å²) in [5.41, 5.74) is 2.47. The van der Waals surface area contributed by atoms with E-state index >= 15 is 0 Å². The molecule has 0 aliphatic heterocycles. The van der Waals surface area contributed by atoms with Crippen molar-refractivity contribution in [2.24, 2.45) is 5.92 Å². The van der Waals surface area contributed by atoms with Crippen molar-refractivity contribution in [1.29, 1.82) is 0 Å². The predicted molar refractivity (Wildman–Crippen MR) is 65.2 cm³/mol.